The van der Waals surface area contributed by atoms with Gasteiger partial charge in [-0.05, 0) is 18.6 Å². The lowest BCUT2D eigenvalue weighted by molar-refractivity contribution is 1.36. The minimum Gasteiger partial charge on any atom is -0.375 e. The molecule has 0 amide bonds. The fourth-order valence-corrected chi connectivity index (χ4v) is 1.69. The van der Waals surface area contributed by atoms with E-state index in [9.17, 15) is 0 Å². The van der Waals surface area contributed by atoms with E-state index in [-0.39, 0.29) is 0 Å². The number of aromatic nitrogens is 1. The lowest BCUT2D eigenvalue weighted by Crippen LogP contribution is -1.93. The second-order valence-corrected chi connectivity index (χ2v) is 3.90. The average molecular weight is 205 g/mol. The Hall–Kier alpha value is -1.55. The SMILES string of the molecule is Cc1ccccc1Nc1csc(N)n1. The largest absolute Gasteiger partial charge is 0.375 e. The summed E-state index contributed by atoms with van der Waals surface area (Å²) in [6.45, 7) is 2.05. The van der Waals surface area contributed by atoms with Gasteiger partial charge in [0.25, 0.3) is 0 Å². The third-order valence-electron chi connectivity index (χ3n) is 1.93. The van der Waals surface area contributed by atoms with E-state index in [1.165, 1.54) is 16.9 Å². The quantitative estimate of drug-likeness (QED) is 0.792. The number of nitrogens with zero attached hydrogens (tertiary/aromatic N) is 1. The molecule has 2 rings (SSSR count). The summed E-state index contributed by atoms with van der Waals surface area (Å²) >= 11 is 1.43. The van der Waals surface area contributed by atoms with E-state index in [4.69, 9.17) is 5.73 Å². The molecule has 0 radical (unpaired) electrons. The van der Waals surface area contributed by atoms with Crippen LogP contribution in [-0.4, -0.2) is 4.98 Å². The van der Waals surface area contributed by atoms with Gasteiger partial charge < -0.3 is 11.1 Å². The van der Waals surface area contributed by atoms with Crippen LogP contribution in [0.2, 0.25) is 0 Å². The molecule has 72 valence electrons. The summed E-state index contributed by atoms with van der Waals surface area (Å²) in [6.07, 6.45) is 0. The van der Waals surface area contributed by atoms with Crippen LogP contribution in [0.15, 0.2) is 29.6 Å². The van der Waals surface area contributed by atoms with Crippen molar-refractivity contribution in [1.82, 2.24) is 4.98 Å². The van der Waals surface area contributed by atoms with Gasteiger partial charge in [-0.25, -0.2) is 4.98 Å². The number of thiazole rings is 1. The first kappa shape index (κ1) is 9.02. The highest BCUT2D eigenvalue weighted by atomic mass is 32.1. The summed E-state index contributed by atoms with van der Waals surface area (Å²) in [6, 6.07) is 8.07. The molecule has 0 aliphatic rings. The van der Waals surface area contributed by atoms with Gasteiger partial charge >= 0.3 is 0 Å². The lowest BCUT2D eigenvalue weighted by atomic mass is 10.2. The Bertz CT molecular complexity index is 436. The second-order valence-electron chi connectivity index (χ2n) is 3.01. The van der Waals surface area contributed by atoms with Crippen LogP contribution in [0.1, 0.15) is 5.56 Å². The maximum atomic E-state index is 5.54. The molecule has 1 aromatic carbocycles. The van der Waals surface area contributed by atoms with Crippen molar-refractivity contribution in [2.45, 2.75) is 6.92 Å². The zero-order valence-corrected chi connectivity index (χ0v) is 8.64. The second kappa shape index (κ2) is 3.67. The first-order valence-corrected chi connectivity index (χ1v) is 5.17. The molecule has 2 aromatic rings. The number of hydrogen-bond acceptors (Lipinski definition) is 4. The van der Waals surface area contributed by atoms with Crippen LogP contribution in [0.5, 0.6) is 0 Å². The van der Waals surface area contributed by atoms with Gasteiger partial charge in [-0.15, -0.1) is 11.3 Å². The summed E-state index contributed by atoms with van der Waals surface area (Å²) in [5, 5.41) is 5.70. The fourth-order valence-electron chi connectivity index (χ4n) is 1.20. The zero-order chi connectivity index (χ0) is 9.97. The van der Waals surface area contributed by atoms with E-state index in [0.29, 0.717) is 5.13 Å². The molecule has 0 fully saturated rings. The van der Waals surface area contributed by atoms with Crippen LogP contribution in [0.25, 0.3) is 0 Å². The summed E-state index contributed by atoms with van der Waals surface area (Å²) in [7, 11) is 0. The van der Waals surface area contributed by atoms with Gasteiger partial charge in [-0.2, -0.15) is 0 Å². The van der Waals surface area contributed by atoms with Gasteiger partial charge in [0.1, 0.15) is 5.82 Å². The molecular formula is C10H11N3S. The Morgan fingerprint density at radius 2 is 2.14 bits per heavy atom. The highest BCUT2D eigenvalue weighted by Crippen LogP contribution is 2.22. The third-order valence-corrected chi connectivity index (χ3v) is 2.60. The monoisotopic (exact) mass is 205 g/mol. The van der Waals surface area contributed by atoms with E-state index in [1.54, 1.807) is 0 Å². The van der Waals surface area contributed by atoms with Crippen LogP contribution in [-0.2, 0) is 0 Å². The van der Waals surface area contributed by atoms with E-state index < -0.39 is 0 Å². The van der Waals surface area contributed by atoms with Crippen LogP contribution in [0, 0.1) is 6.92 Å². The third kappa shape index (κ3) is 1.85. The summed E-state index contributed by atoms with van der Waals surface area (Å²) in [5.41, 5.74) is 7.80. The fraction of sp³-hybridized carbons (Fsp3) is 0.100. The van der Waals surface area contributed by atoms with Crippen molar-refractivity contribution in [3.05, 3.63) is 35.2 Å². The molecule has 0 aliphatic heterocycles. The molecular weight excluding hydrogens is 194 g/mol. The highest BCUT2D eigenvalue weighted by Gasteiger charge is 2.00. The van der Waals surface area contributed by atoms with Gasteiger partial charge in [0, 0.05) is 11.1 Å². The molecule has 1 aromatic heterocycles. The van der Waals surface area contributed by atoms with Gasteiger partial charge in [-0.3, -0.25) is 0 Å². The number of nitrogens with two attached hydrogens (primary N) is 1. The van der Waals surface area contributed by atoms with E-state index >= 15 is 0 Å². The zero-order valence-electron chi connectivity index (χ0n) is 7.82. The number of nitrogens with one attached hydrogen (secondary N) is 1. The molecule has 0 bridgehead atoms. The number of rotatable bonds is 2. The Balaban J connectivity index is 2.23. The molecule has 0 unspecified atom stereocenters. The number of hydrogen-bond donors (Lipinski definition) is 2. The first-order chi connectivity index (χ1) is 6.75. The normalized spacial score (nSPS) is 10.1. The van der Waals surface area contributed by atoms with E-state index in [2.05, 4.69) is 23.3 Å². The Labute approximate surface area is 86.6 Å². The molecule has 0 saturated heterocycles. The van der Waals surface area contributed by atoms with Crippen LogP contribution < -0.4 is 11.1 Å². The standard InChI is InChI=1S/C10H11N3S/c1-7-4-2-3-5-8(7)12-9-6-14-10(11)13-9/h2-6,12H,1H3,(H2,11,13). The summed E-state index contributed by atoms with van der Waals surface area (Å²) in [4.78, 5) is 4.13. The van der Waals surface area contributed by atoms with Crippen molar-refractivity contribution in [1.29, 1.82) is 0 Å². The molecule has 0 saturated carbocycles. The lowest BCUT2D eigenvalue weighted by Gasteiger charge is -2.05. The van der Waals surface area contributed by atoms with Gasteiger partial charge in [0.05, 0.1) is 0 Å². The first-order valence-electron chi connectivity index (χ1n) is 4.29. The van der Waals surface area contributed by atoms with Gasteiger partial charge in [-0.1, -0.05) is 18.2 Å². The van der Waals surface area contributed by atoms with Gasteiger partial charge in [0.2, 0.25) is 0 Å². The minimum absolute atomic E-state index is 0.584. The molecule has 3 nitrogen and oxygen atoms in total. The maximum Gasteiger partial charge on any atom is 0.182 e. The van der Waals surface area contributed by atoms with Crippen molar-refractivity contribution in [3.63, 3.8) is 0 Å². The maximum absolute atomic E-state index is 5.54. The molecule has 4 heteroatoms. The van der Waals surface area contributed by atoms with Crippen molar-refractivity contribution in [3.8, 4) is 0 Å². The predicted octanol–water partition coefficient (Wildman–Crippen LogP) is 2.78. The van der Waals surface area contributed by atoms with Crippen molar-refractivity contribution < 1.29 is 0 Å². The van der Waals surface area contributed by atoms with Crippen molar-refractivity contribution >= 4 is 28.0 Å². The molecule has 14 heavy (non-hydrogen) atoms. The van der Waals surface area contributed by atoms with Gasteiger partial charge in [0.15, 0.2) is 5.13 Å². The summed E-state index contributed by atoms with van der Waals surface area (Å²) < 4.78 is 0. The molecule has 1 heterocycles. The van der Waals surface area contributed by atoms with E-state index in [1.807, 2.05) is 23.6 Å². The van der Waals surface area contributed by atoms with Crippen LogP contribution in [0.4, 0.5) is 16.6 Å². The highest BCUT2D eigenvalue weighted by molar-refractivity contribution is 7.13. The van der Waals surface area contributed by atoms with Crippen LogP contribution >= 0.6 is 11.3 Å². The smallest absolute Gasteiger partial charge is 0.182 e. The Morgan fingerprint density at radius 1 is 1.36 bits per heavy atom. The minimum atomic E-state index is 0.584. The Kier molecular flexibility index (Phi) is 2.37. The Morgan fingerprint density at radius 3 is 2.79 bits per heavy atom. The predicted molar refractivity (Wildman–Crippen MR) is 61.0 cm³/mol. The summed E-state index contributed by atoms with van der Waals surface area (Å²) in [5.74, 6) is 0.807. The average Bonchev–Trinajstić information content (AvgIpc) is 2.56. The number of aryl methyl sites for hydroxylation is 1. The number of nitrogen functional groups attached to an aromatic ring is 1. The topological polar surface area (TPSA) is 50.9 Å². The van der Waals surface area contributed by atoms with Crippen molar-refractivity contribution in [2.24, 2.45) is 0 Å². The number of benzene rings is 1. The molecule has 0 atom stereocenters. The molecule has 0 spiro atoms. The van der Waals surface area contributed by atoms with E-state index in [0.717, 1.165) is 11.5 Å². The number of anilines is 3. The van der Waals surface area contributed by atoms with Crippen molar-refractivity contribution in [2.75, 3.05) is 11.1 Å². The number of para-hydroxylation sites is 1. The molecule has 3 N–H and O–H groups in total. The molecule has 0 aliphatic carbocycles. The van der Waals surface area contributed by atoms with Crippen LogP contribution in [0.3, 0.4) is 0 Å².